The summed E-state index contributed by atoms with van der Waals surface area (Å²) in [5.74, 6) is -1.50. The van der Waals surface area contributed by atoms with Crippen molar-refractivity contribution in [2.45, 2.75) is 37.6 Å². The number of benzene rings is 1. The standard InChI is InChI=1S/C18H21F3N2O6/c19-18(20,21)17(10-28-8-11-4-2-1-3-5-11)9-23(16(27)22-15(17)26)14-6-12(25)13(7-24)29-14/h1-5,12-14,24-25H,6-10H2,(H,22,26,27)/t12-,13+,14+,17?/m0/s1. The van der Waals surface area contributed by atoms with Crippen molar-refractivity contribution in [2.24, 2.45) is 5.41 Å². The highest BCUT2D eigenvalue weighted by Gasteiger charge is 2.65. The number of nitrogens with one attached hydrogen (secondary N) is 1. The van der Waals surface area contributed by atoms with Crippen molar-refractivity contribution in [3.63, 3.8) is 0 Å². The largest absolute Gasteiger partial charge is 0.407 e. The second-order valence-electron chi connectivity index (χ2n) is 7.06. The summed E-state index contributed by atoms with van der Waals surface area (Å²) in [5, 5.41) is 20.7. The predicted octanol–water partition coefficient (Wildman–Crippen LogP) is 0.772. The van der Waals surface area contributed by atoms with E-state index in [9.17, 15) is 27.9 Å². The molecule has 0 spiro atoms. The smallest absolute Gasteiger partial charge is 0.394 e. The Hall–Kier alpha value is -2.21. The van der Waals surface area contributed by atoms with Gasteiger partial charge in [-0.25, -0.2) is 4.79 Å². The molecular weight excluding hydrogens is 397 g/mol. The number of ether oxygens (including phenoxy) is 2. The first-order valence-electron chi connectivity index (χ1n) is 8.93. The van der Waals surface area contributed by atoms with Crippen LogP contribution in [0.5, 0.6) is 0 Å². The van der Waals surface area contributed by atoms with Gasteiger partial charge in [-0.3, -0.25) is 15.0 Å². The molecule has 2 aliphatic rings. The Labute approximate surface area is 164 Å². The number of alkyl halides is 3. The van der Waals surface area contributed by atoms with Crippen LogP contribution in [-0.4, -0.2) is 71.4 Å². The van der Waals surface area contributed by atoms with Crippen LogP contribution in [0.15, 0.2) is 30.3 Å². The lowest BCUT2D eigenvalue weighted by molar-refractivity contribution is -0.245. The fourth-order valence-corrected chi connectivity index (χ4v) is 3.36. The van der Waals surface area contributed by atoms with E-state index < -0.39 is 61.7 Å². The minimum Gasteiger partial charge on any atom is -0.394 e. The fourth-order valence-electron chi connectivity index (χ4n) is 3.36. The number of rotatable bonds is 6. The lowest BCUT2D eigenvalue weighted by Gasteiger charge is -2.43. The van der Waals surface area contributed by atoms with Gasteiger partial charge in [0.15, 0.2) is 5.41 Å². The highest BCUT2D eigenvalue weighted by Crippen LogP contribution is 2.43. The summed E-state index contributed by atoms with van der Waals surface area (Å²) in [6.07, 6.45) is -8.59. The minimum atomic E-state index is -5.01. The van der Waals surface area contributed by atoms with Gasteiger partial charge < -0.3 is 19.7 Å². The van der Waals surface area contributed by atoms with Crippen LogP contribution in [-0.2, 0) is 20.9 Å². The topological polar surface area (TPSA) is 108 Å². The van der Waals surface area contributed by atoms with Crippen LogP contribution in [0.3, 0.4) is 0 Å². The van der Waals surface area contributed by atoms with E-state index in [1.807, 2.05) is 0 Å². The molecule has 8 nitrogen and oxygen atoms in total. The van der Waals surface area contributed by atoms with Gasteiger partial charge in [0.25, 0.3) is 0 Å². The number of halogens is 3. The van der Waals surface area contributed by atoms with Crippen LogP contribution in [0.25, 0.3) is 0 Å². The third-order valence-corrected chi connectivity index (χ3v) is 5.09. The van der Waals surface area contributed by atoms with Crippen molar-refractivity contribution >= 4 is 11.9 Å². The number of carbonyl (C=O) groups is 2. The average Bonchev–Trinajstić information content (AvgIpc) is 3.04. The van der Waals surface area contributed by atoms with Crippen LogP contribution in [0.1, 0.15) is 12.0 Å². The average molecular weight is 418 g/mol. The SMILES string of the molecule is O=C1NC(=O)C(COCc2ccccc2)(C(F)(F)F)CN1[C@H]1C[C@H](O)[C@@H](CO)O1. The Morgan fingerprint density at radius 3 is 2.55 bits per heavy atom. The Kier molecular flexibility index (Phi) is 6.13. The zero-order chi connectivity index (χ0) is 21.2. The van der Waals surface area contributed by atoms with E-state index >= 15 is 0 Å². The van der Waals surface area contributed by atoms with E-state index in [0.29, 0.717) is 10.5 Å². The molecule has 0 saturated carbocycles. The number of hydrogen-bond donors (Lipinski definition) is 3. The van der Waals surface area contributed by atoms with Gasteiger partial charge in [0.05, 0.1) is 32.5 Å². The van der Waals surface area contributed by atoms with Crippen molar-refractivity contribution in [3.05, 3.63) is 35.9 Å². The molecular formula is C18H21F3N2O6. The van der Waals surface area contributed by atoms with E-state index in [1.165, 1.54) is 0 Å². The van der Waals surface area contributed by atoms with Gasteiger partial charge in [-0.1, -0.05) is 30.3 Å². The maximum absolute atomic E-state index is 14.0. The summed E-state index contributed by atoms with van der Waals surface area (Å²) in [7, 11) is 0. The fraction of sp³-hybridized carbons (Fsp3) is 0.556. The highest BCUT2D eigenvalue weighted by molar-refractivity contribution is 6.00. The first-order chi connectivity index (χ1) is 13.7. The number of aliphatic hydroxyl groups is 2. The van der Waals surface area contributed by atoms with Gasteiger partial charge in [0, 0.05) is 6.42 Å². The highest BCUT2D eigenvalue weighted by atomic mass is 19.4. The molecule has 29 heavy (non-hydrogen) atoms. The Morgan fingerprint density at radius 1 is 1.28 bits per heavy atom. The molecule has 1 unspecified atom stereocenters. The molecule has 2 fully saturated rings. The molecule has 2 heterocycles. The molecule has 3 rings (SSSR count). The van der Waals surface area contributed by atoms with E-state index in [0.717, 1.165) is 0 Å². The number of hydrogen-bond acceptors (Lipinski definition) is 6. The maximum Gasteiger partial charge on any atom is 0.407 e. The predicted molar refractivity (Wildman–Crippen MR) is 91.2 cm³/mol. The normalized spacial score (nSPS) is 30.5. The van der Waals surface area contributed by atoms with Crippen molar-refractivity contribution in [2.75, 3.05) is 19.8 Å². The van der Waals surface area contributed by atoms with E-state index in [-0.39, 0.29) is 13.0 Å². The molecule has 1 aromatic rings. The van der Waals surface area contributed by atoms with Gasteiger partial charge >= 0.3 is 12.2 Å². The number of aliphatic hydroxyl groups excluding tert-OH is 2. The number of amides is 3. The molecule has 0 bridgehead atoms. The monoisotopic (exact) mass is 418 g/mol. The first-order valence-corrected chi connectivity index (χ1v) is 8.93. The Balaban J connectivity index is 1.79. The van der Waals surface area contributed by atoms with Gasteiger partial charge in [-0.05, 0) is 5.56 Å². The van der Waals surface area contributed by atoms with E-state index in [1.54, 1.807) is 35.6 Å². The molecule has 0 aliphatic carbocycles. The molecule has 2 saturated heterocycles. The summed E-state index contributed by atoms with van der Waals surface area (Å²) in [6.45, 7) is -2.73. The summed E-state index contributed by atoms with van der Waals surface area (Å²) in [5.41, 5.74) is -2.37. The number of urea groups is 1. The van der Waals surface area contributed by atoms with Crippen LogP contribution in [0.2, 0.25) is 0 Å². The molecule has 4 atom stereocenters. The van der Waals surface area contributed by atoms with Crippen molar-refractivity contribution in [1.82, 2.24) is 10.2 Å². The van der Waals surface area contributed by atoms with Crippen molar-refractivity contribution < 1.29 is 42.4 Å². The molecule has 11 heteroatoms. The van der Waals surface area contributed by atoms with Crippen LogP contribution in [0, 0.1) is 5.41 Å². The van der Waals surface area contributed by atoms with Crippen LogP contribution in [0.4, 0.5) is 18.0 Å². The summed E-state index contributed by atoms with van der Waals surface area (Å²) in [4.78, 5) is 25.1. The number of imide groups is 1. The zero-order valence-corrected chi connectivity index (χ0v) is 15.3. The summed E-state index contributed by atoms with van der Waals surface area (Å²) in [6, 6.07) is 7.42. The second-order valence-corrected chi connectivity index (χ2v) is 7.06. The molecule has 3 amide bonds. The number of nitrogens with zero attached hydrogens (tertiary/aromatic N) is 1. The number of carbonyl (C=O) groups excluding carboxylic acids is 2. The van der Waals surface area contributed by atoms with Gasteiger partial charge in [-0.15, -0.1) is 0 Å². The van der Waals surface area contributed by atoms with Crippen LogP contribution >= 0.6 is 0 Å². The third-order valence-electron chi connectivity index (χ3n) is 5.09. The van der Waals surface area contributed by atoms with Gasteiger partial charge in [0.2, 0.25) is 5.91 Å². The van der Waals surface area contributed by atoms with Gasteiger partial charge in [-0.2, -0.15) is 13.2 Å². The summed E-state index contributed by atoms with van der Waals surface area (Å²) < 4.78 is 52.4. The molecule has 0 radical (unpaired) electrons. The molecule has 0 aromatic heterocycles. The minimum absolute atomic E-state index is 0.148. The lowest BCUT2D eigenvalue weighted by Crippen LogP contribution is -2.68. The summed E-state index contributed by atoms with van der Waals surface area (Å²) >= 11 is 0. The zero-order valence-electron chi connectivity index (χ0n) is 15.3. The molecule has 3 N–H and O–H groups in total. The molecule has 2 aliphatic heterocycles. The third kappa shape index (κ3) is 4.22. The molecule has 160 valence electrons. The van der Waals surface area contributed by atoms with Crippen molar-refractivity contribution in [3.8, 4) is 0 Å². The second kappa shape index (κ2) is 8.27. The van der Waals surface area contributed by atoms with E-state index in [4.69, 9.17) is 14.6 Å². The van der Waals surface area contributed by atoms with Crippen molar-refractivity contribution in [1.29, 1.82) is 0 Å². The van der Waals surface area contributed by atoms with Crippen LogP contribution < -0.4 is 5.32 Å². The molecule has 1 aromatic carbocycles. The lowest BCUT2D eigenvalue weighted by atomic mass is 9.84. The first kappa shape index (κ1) is 21.5. The maximum atomic E-state index is 14.0. The van der Waals surface area contributed by atoms with Gasteiger partial charge in [0.1, 0.15) is 12.3 Å². The Bertz CT molecular complexity index is 747. The van der Waals surface area contributed by atoms with E-state index in [2.05, 4.69) is 0 Å². The quantitative estimate of drug-likeness (QED) is 0.630. The Morgan fingerprint density at radius 2 is 1.97 bits per heavy atom.